The maximum atomic E-state index is 14.3. The van der Waals surface area contributed by atoms with Crippen molar-refractivity contribution in [2.45, 2.75) is 18.9 Å². The Hall–Kier alpha value is -2.74. The number of likely N-dealkylation sites (N-methyl/N-ethyl adjacent to an activating group) is 1. The summed E-state index contributed by atoms with van der Waals surface area (Å²) in [4.78, 5) is 23.0. The lowest BCUT2D eigenvalue weighted by atomic mass is 10.2. The van der Waals surface area contributed by atoms with Crippen molar-refractivity contribution in [3.63, 3.8) is 0 Å². The Morgan fingerprint density at radius 2 is 2.03 bits per heavy atom. The molecule has 0 aliphatic heterocycles. The Morgan fingerprint density at radius 3 is 2.81 bits per heavy atom. The highest BCUT2D eigenvalue weighted by Crippen LogP contribution is 2.36. The SMILES string of the molecule is CN(C/C=C/C(=O)Nc1ccc2ncnc(Nc3cccc(Cl)c3F)c2c1Cl)C1CC1. The summed E-state index contributed by atoms with van der Waals surface area (Å²) < 4.78 is 14.3. The summed E-state index contributed by atoms with van der Waals surface area (Å²) in [5.74, 6) is -0.593. The van der Waals surface area contributed by atoms with E-state index in [0.717, 1.165) is 0 Å². The number of aromatic nitrogens is 2. The summed E-state index contributed by atoms with van der Waals surface area (Å²) >= 11 is 12.4. The molecule has 0 bridgehead atoms. The van der Waals surface area contributed by atoms with Gasteiger partial charge in [-0.05, 0) is 44.2 Å². The molecule has 1 amide bonds. The van der Waals surface area contributed by atoms with Gasteiger partial charge in [0.25, 0.3) is 0 Å². The van der Waals surface area contributed by atoms with Crippen LogP contribution in [0.15, 0.2) is 48.8 Å². The van der Waals surface area contributed by atoms with Crippen LogP contribution in [0.25, 0.3) is 10.9 Å². The first-order valence-corrected chi connectivity index (χ1v) is 10.5. The van der Waals surface area contributed by atoms with Gasteiger partial charge in [-0.25, -0.2) is 14.4 Å². The Labute approximate surface area is 189 Å². The molecule has 0 spiro atoms. The molecular weight excluding hydrogens is 440 g/mol. The summed E-state index contributed by atoms with van der Waals surface area (Å²) in [6.45, 7) is 0.705. The molecule has 1 fully saturated rings. The second-order valence-electron chi connectivity index (χ2n) is 7.33. The number of carbonyl (C=O) groups excluding carboxylic acids is 1. The van der Waals surface area contributed by atoms with Gasteiger partial charge in [0.1, 0.15) is 12.1 Å². The number of hydrogen-bond acceptors (Lipinski definition) is 5. The maximum Gasteiger partial charge on any atom is 0.248 e. The first-order valence-electron chi connectivity index (χ1n) is 9.76. The number of carbonyl (C=O) groups is 1. The van der Waals surface area contributed by atoms with Crippen molar-refractivity contribution in [3.8, 4) is 0 Å². The molecular formula is C22H20Cl2FN5O. The fourth-order valence-electron chi connectivity index (χ4n) is 3.20. The van der Waals surface area contributed by atoms with Crippen molar-refractivity contribution >= 4 is 57.2 Å². The molecule has 0 atom stereocenters. The van der Waals surface area contributed by atoms with Gasteiger partial charge in [0, 0.05) is 18.7 Å². The van der Waals surface area contributed by atoms with Crippen molar-refractivity contribution in [2.24, 2.45) is 0 Å². The summed E-state index contributed by atoms with van der Waals surface area (Å²) in [7, 11) is 2.04. The van der Waals surface area contributed by atoms with E-state index in [1.54, 1.807) is 18.2 Å². The second-order valence-corrected chi connectivity index (χ2v) is 8.12. The number of hydrogen-bond donors (Lipinski definition) is 2. The molecule has 1 saturated carbocycles. The van der Waals surface area contributed by atoms with E-state index >= 15 is 0 Å². The van der Waals surface area contributed by atoms with Gasteiger partial charge < -0.3 is 10.6 Å². The van der Waals surface area contributed by atoms with E-state index in [1.165, 1.54) is 37.4 Å². The average Bonchev–Trinajstić information content (AvgIpc) is 3.59. The van der Waals surface area contributed by atoms with Gasteiger partial charge in [-0.1, -0.05) is 35.3 Å². The molecule has 160 valence electrons. The highest BCUT2D eigenvalue weighted by atomic mass is 35.5. The lowest BCUT2D eigenvalue weighted by Crippen LogP contribution is -2.20. The van der Waals surface area contributed by atoms with Crippen LogP contribution in [0, 0.1) is 5.82 Å². The van der Waals surface area contributed by atoms with Gasteiger partial charge >= 0.3 is 0 Å². The summed E-state index contributed by atoms with van der Waals surface area (Å²) in [6, 6.07) is 8.62. The Morgan fingerprint density at radius 1 is 1.23 bits per heavy atom. The minimum atomic E-state index is -0.599. The zero-order valence-corrected chi connectivity index (χ0v) is 18.2. The van der Waals surface area contributed by atoms with Gasteiger partial charge in [-0.15, -0.1) is 0 Å². The Kier molecular flexibility index (Phi) is 6.36. The standard InChI is InChI=1S/C22H20Cl2FN5O/c1-30(13-7-8-13)11-3-6-18(31)28-16-10-9-15-19(20(16)24)22(27-12-26-15)29-17-5-2-4-14(23)21(17)25/h2-6,9-10,12-13H,7-8,11H2,1H3,(H,28,31)(H,26,27,29)/b6-3+. The first kappa shape index (κ1) is 21.5. The number of anilines is 3. The van der Waals surface area contributed by atoms with Crippen LogP contribution in [0.5, 0.6) is 0 Å². The third-order valence-corrected chi connectivity index (χ3v) is 5.72. The van der Waals surface area contributed by atoms with Gasteiger partial charge in [-0.2, -0.15) is 0 Å². The molecule has 31 heavy (non-hydrogen) atoms. The third kappa shape index (κ3) is 4.95. The molecule has 2 N–H and O–H groups in total. The number of benzene rings is 2. The molecule has 1 aromatic heterocycles. The lowest BCUT2D eigenvalue weighted by molar-refractivity contribution is -0.111. The topological polar surface area (TPSA) is 70.2 Å². The number of amides is 1. The molecule has 1 heterocycles. The van der Waals surface area contributed by atoms with Crippen molar-refractivity contribution in [3.05, 3.63) is 64.7 Å². The van der Waals surface area contributed by atoms with Crippen LogP contribution < -0.4 is 10.6 Å². The van der Waals surface area contributed by atoms with Crippen LogP contribution in [0.3, 0.4) is 0 Å². The fourth-order valence-corrected chi connectivity index (χ4v) is 3.67. The normalized spacial score (nSPS) is 13.8. The van der Waals surface area contributed by atoms with E-state index in [9.17, 15) is 9.18 Å². The molecule has 2 aromatic carbocycles. The van der Waals surface area contributed by atoms with Crippen molar-refractivity contribution in [2.75, 3.05) is 24.2 Å². The number of halogens is 3. The summed E-state index contributed by atoms with van der Waals surface area (Å²) in [6.07, 6.45) is 7.07. The summed E-state index contributed by atoms with van der Waals surface area (Å²) in [5.41, 5.74) is 1.11. The van der Waals surface area contributed by atoms with Gasteiger partial charge in [0.05, 0.1) is 32.3 Å². The highest BCUT2D eigenvalue weighted by molar-refractivity contribution is 6.39. The largest absolute Gasteiger partial charge is 0.337 e. The lowest BCUT2D eigenvalue weighted by Gasteiger charge is -2.13. The van der Waals surface area contributed by atoms with Gasteiger partial charge in [0.2, 0.25) is 5.91 Å². The molecule has 0 saturated heterocycles. The number of fused-ring (bicyclic) bond motifs is 1. The molecule has 0 unspecified atom stereocenters. The molecule has 9 heteroatoms. The molecule has 3 aromatic rings. The zero-order valence-electron chi connectivity index (χ0n) is 16.7. The van der Waals surface area contributed by atoms with E-state index in [-0.39, 0.29) is 21.6 Å². The minimum absolute atomic E-state index is 0.0125. The molecule has 6 nitrogen and oxygen atoms in total. The van der Waals surface area contributed by atoms with E-state index in [0.29, 0.717) is 35.0 Å². The molecule has 1 aliphatic rings. The third-order valence-electron chi connectivity index (χ3n) is 5.04. The number of nitrogens with one attached hydrogen (secondary N) is 2. The van der Waals surface area contributed by atoms with Crippen LogP contribution in [0.4, 0.5) is 21.6 Å². The molecule has 4 rings (SSSR count). The van der Waals surface area contributed by atoms with Crippen LogP contribution in [-0.2, 0) is 4.79 Å². The number of nitrogens with zero attached hydrogens (tertiary/aromatic N) is 3. The Bertz CT molecular complexity index is 1170. The molecule has 0 radical (unpaired) electrons. The van der Waals surface area contributed by atoms with Crippen molar-refractivity contribution < 1.29 is 9.18 Å². The van der Waals surface area contributed by atoms with Crippen molar-refractivity contribution in [1.29, 1.82) is 0 Å². The van der Waals surface area contributed by atoms with E-state index in [2.05, 4.69) is 25.5 Å². The predicted octanol–water partition coefficient (Wildman–Crippen LogP) is 5.41. The second kappa shape index (κ2) is 9.18. The zero-order chi connectivity index (χ0) is 22.0. The van der Waals surface area contributed by atoms with E-state index in [1.807, 2.05) is 13.1 Å². The Balaban J connectivity index is 1.57. The van der Waals surface area contributed by atoms with Gasteiger partial charge in [0.15, 0.2) is 5.82 Å². The predicted molar refractivity (Wildman–Crippen MR) is 123 cm³/mol. The summed E-state index contributed by atoms with van der Waals surface area (Å²) in [5, 5.41) is 6.39. The van der Waals surface area contributed by atoms with E-state index < -0.39 is 5.82 Å². The van der Waals surface area contributed by atoms with Crippen LogP contribution >= 0.6 is 23.2 Å². The maximum absolute atomic E-state index is 14.3. The van der Waals surface area contributed by atoms with Crippen LogP contribution in [0.1, 0.15) is 12.8 Å². The van der Waals surface area contributed by atoms with Gasteiger partial charge in [-0.3, -0.25) is 9.69 Å². The average molecular weight is 460 g/mol. The van der Waals surface area contributed by atoms with E-state index in [4.69, 9.17) is 23.2 Å². The monoisotopic (exact) mass is 459 g/mol. The smallest absolute Gasteiger partial charge is 0.248 e. The van der Waals surface area contributed by atoms with Crippen molar-refractivity contribution in [1.82, 2.24) is 14.9 Å². The quantitative estimate of drug-likeness (QED) is 0.462. The fraction of sp³-hybridized carbons (Fsp3) is 0.227. The van der Waals surface area contributed by atoms with Crippen LogP contribution in [0.2, 0.25) is 10.0 Å². The minimum Gasteiger partial charge on any atom is -0.337 e. The molecule has 1 aliphatic carbocycles. The first-order chi connectivity index (χ1) is 14.9. The highest BCUT2D eigenvalue weighted by Gasteiger charge is 2.24. The number of rotatable bonds is 7. The van der Waals surface area contributed by atoms with Crippen LogP contribution in [-0.4, -0.2) is 40.4 Å².